The molecule has 3 nitrogen and oxygen atoms in total. The zero-order valence-electron chi connectivity index (χ0n) is 10.8. The van der Waals surface area contributed by atoms with Crippen LogP contribution < -0.4 is 10.1 Å². The molecule has 0 unspecified atom stereocenters. The number of piperidine rings is 1. The first-order chi connectivity index (χ1) is 8.00. The van der Waals surface area contributed by atoms with E-state index in [0.717, 1.165) is 42.8 Å². The summed E-state index contributed by atoms with van der Waals surface area (Å²) in [6.45, 7) is 7.98. The second kappa shape index (κ2) is 4.57. The lowest BCUT2D eigenvalue weighted by Crippen LogP contribution is -2.43. The Labute approximate surface area is 103 Å². The Bertz CT molecular complexity index is 386. The fourth-order valence-electron chi connectivity index (χ4n) is 2.32. The van der Waals surface area contributed by atoms with Crippen LogP contribution in [0.2, 0.25) is 0 Å². The number of nitrogens with one attached hydrogen (secondary N) is 1. The van der Waals surface area contributed by atoms with Crippen LogP contribution >= 0.6 is 0 Å². The van der Waals surface area contributed by atoms with Crippen LogP contribution in [0, 0.1) is 13.8 Å². The number of hydrogen-bond donors (Lipinski definition) is 2. The average Bonchev–Trinajstić information content (AvgIpc) is 2.26. The van der Waals surface area contributed by atoms with E-state index in [1.54, 1.807) is 0 Å². The number of benzene rings is 1. The molecule has 1 aliphatic rings. The third-order valence-corrected chi connectivity index (χ3v) is 3.49. The number of aryl methyl sites for hydroxylation is 2. The van der Waals surface area contributed by atoms with Crippen molar-refractivity contribution in [2.75, 3.05) is 13.1 Å². The number of hydrogen-bond acceptors (Lipinski definition) is 3. The van der Waals surface area contributed by atoms with Crippen molar-refractivity contribution in [3.8, 4) is 11.5 Å². The molecule has 0 atom stereocenters. The fraction of sp³-hybridized carbons (Fsp3) is 0.571. The van der Waals surface area contributed by atoms with Crippen LogP contribution in [0.5, 0.6) is 11.5 Å². The summed E-state index contributed by atoms with van der Waals surface area (Å²) in [5, 5.41) is 13.1. The van der Waals surface area contributed by atoms with E-state index in [1.165, 1.54) is 0 Å². The molecule has 1 aromatic rings. The molecule has 1 saturated heterocycles. The molecule has 3 heteroatoms. The molecule has 1 heterocycles. The Balaban J connectivity index is 2.18. The van der Waals surface area contributed by atoms with Crippen molar-refractivity contribution in [1.29, 1.82) is 0 Å². The molecule has 1 aliphatic heterocycles. The molecule has 0 bridgehead atoms. The van der Waals surface area contributed by atoms with Gasteiger partial charge in [0.15, 0.2) is 0 Å². The van der Waals surface area contributed by atoms with E-state index in [9.17, 15) is 5.11 Å². The van der Waals surface area contributed by atoms with Gasteiger partial charge in [-0.2, -0.15) is 0 Å². The van der Waals surface area contributed by atoms with Crippen molar-refractivity contribution in [2.24, 2.45) is 0 Å². The molecule has 2 rings (SSSR count). The standard InChI is InChI=1S/C14H21NO2/c1-10-8-12(9-11(2)13(10)16)17-14(3)4-6-15-7-5-14/h8-9,15-16H,4-7H2,1-3H3. The van der Waals surface area contributed by atoms with Crippen LogP contribution in [0.3, 0.4) is 0 Å². The Morgan fingerprint density at radius 3 is 2.24 bits per heavy atom. The lowest BCUT2D eigenvalue weighted by atomic mass is 9.94. The van der Waals surface area contributed by atoms with Gasteiger partial charge in [0.25, 0.3) is 0 Å². The highest BCUT2D eigenvalue weighted by molar-refractivity contribution is 5.45. The normalized spacial score (nSPS) is 19.0. The van der Waals surface area contributed by atoms with Gasteiger partial charge in [0, 0.05) is 0 Å². The summed E-state index contributed by atoms with van der Waals surface area (Å²) in [7, 11) is 0. The van der Waals surface area contributed by atoms with Gasteiger partial charge in [-0.3, -0.25) is 0 Å². The Morgan fingerprint density at radius 2 is 1.71 bits per heavy atom. The summed E-state index contributed by atoms with van der Waals surface area (Å²) in [6, 6.07) is 3.82. The summed E-state index contributed by atoms with van der Waals surface area (Å²) < 4.78 is 6.11. The molecule has 0 aliphatic carbocycles. The molecule has 94 valence electrons. The van der Waals surface area contributed by atoms with Crippen molar-refractivity contribution in [3.63, 3.8) is 0 Å². The second-order valence-electron chi connectivity index (χ2n) is 5.21. The first-order valence-electron chi connectivity index (χ1n) is 6.20. The van der Waals surface area contributed by atoms with Gasteiger partial charge >= 0.3 is 0 Å². The van der Waals surface area contributed by atoms with Crippen molar-refractivity contribution in [3.05, 3.63) is 23.3 Å². The molecule has 1 aromatic carbocycles. The zero-order valence-corrected chi connectivity index (χ0v) is 10.8. The van der Waals surface area contributed by atoms with E-state index in [2.05, 4.69) is 12.2 Å². The van der Waals surface area contributed by atoms with Crippen LogP contribution in [-0.2, 0) is 0 Å². The third-order valence-electron chi connectivity index (χ3n) is 3.49. The van der Waals surface area contributed by atoms with Crippen LogP contribution in [0.1, 0.15) is 30.9 Å². The molecule has 0 spiro atoms. The predicted molar refractivity (Wildman–Crippen MR) is 68.7 cm³/mol. The first kappa shape index (κ1) is 12.2. The van der Waals surface area contributed by atoms with Gasteiger partial charge in [0.05, 0.1) is 0 Å². The predicted octanol–water partition coefficient (Wildman–Crippen LogP) is 2.53. The number of ether oxygens (including phenoxy) is 1. The summed E-state index contributed by atoms with van der Waals surface area (Å²) in [5.74, 6) is 1.23. The van der Waals surface area contributed by atoms with Gasteiger partial charge in [0.1, 0.15) is 17.1 Å². The Hall–Kier alpha value is -1.22. The van der Waals surface area contributed by atoms with Gasteiger partial charge in [-0.05, 0) is 70.0 Å². The van der Waals surface area contributed by atoms with Crippen LogP contribution in [-0.4, -0.2) is 23.8 Å². The Morgan fingerprint density at radius 1 is 1.18 bits per heavy atom. The van der Waals surface area contributed by atoms with E-state index in [4.69, 9.17) is 4.74 Å². The van der Waals surface area contributed by atoms with Crippen molar-refractivity contribution in [1.82, 2.24) is 5.32 Å². The van der Waals surface area contributed by atoms with Gasteiger partial charge in [0.2, 0.25) is 0 Å². The lowest BCUT2D eigenvalue weighted by Gasteiger charge is -2.34. The summed E-state index contributed by atoms with van der Waals surface area (Å²) in [4.78, 5) is 0. The van der Waals surface area contributed by atoms with E-state index >= 15 is 0 Å². The monoisotopic (exact) mass is 235 g/mol. The quantitative estimate of drug-likeness (QED) is 0.827. The molecule has 0 radical (unpaired) electrons. The molecule has 0 amide bonds. The maximum atomic E-state index is 9.74. The van der Waals surface area contributed by atoms with Gasteiger partial charge < -0.3 is 15.2 Å². The highest BCUT2D eigenvalue weighted by atomic mass is 16.5. The highest BCUT2D eigenvalue weighted by Crippen LogP contribution is 2.31. The van der Waals surface area contributed by atoms with E-state index in [1.807, 2.05) is 26.0 Å². The average molecular weight is 235 g/mol. The number of phenols is 1. The SMILES string of the molecule is Cc1cc(OC2(C)CCNCC2)cc(C)c1O. The van der Waals surface area contributed by atoms with Gasteiger partial charge in [-0.1, -0.05) is 0 Å². The highest BCUT2D eigenvalue weighted by Gasteiger charge is 2.28. The molecule has 1 fully saturated rings. The van der Waals surface area contributed by atoms with Crippen molar-refractivity contribution in [2.45, 2.75) is 39.2 Å². The maximum Gasteiger partial charge on any atom is 0.121 e. The van der Waals surface area contributed by atoms with E-state index < -0.39 is 0 Å². The molecule has 2 N–H and O–H groups in total. The van der Waals surface area contributed by atoms with E-state index in [-0.39, 0.29) is 5.60 Å². The second-order valence-corrected chi connectivity index (χ2v) is 5.21. The minimum Gasteiger partial charge on any atom is -0.507 e. The number of phenolic OH excluding ortho intramolecular Hbond substituents is 1. The lowest BCUT2D eigenvalue weighted by molar-refractivity contribution is 0.0554. The molecular formula is C14H21NO2. The van der Waals surface area contributed by atoms with Gasteiger partial charge in [-0.25, -0.2) is 0 Å². The fourth-order valence-corrected chi connectivity index (χ4v) is 2.32. The zero-order chi connectivity index (χ0) is 12.5. The summed E-state index contributed by atoms with van der Waals surface area (Å²) in [5.41, 5.74) is 1.66. The first-order valence-corrected chi connectivity index (χ1v) is 6.20. The largest absolute Gasteiger partial charge is 0.507 e. The minimum atomic E-state index is -0.0822. The molecule has 17 heavy (non-hydrogen) atoms. The molecular weight excluding hydrogens is 214 g/mol. The van der Waals surface area contributed by atoms with Crippen LogP contribution in [0.4, 0.5) is 0 Å². The smallest absolute Gasteiger partial charge is 0.121 e. The minimum absolute atomic E-state index is 0.0822. The third kappa shape index (κ3) is 2.72. The number of aromatic hydroxyl groups is 1. The topological polar surface area (TPSA) is 41.5 Å². The molecule has 0 saturated carbocycles. The van der Waals surface area contributed by atoms with Crippen LogP contribution in [0.25, 0.3) is 0 Å². The van der Waals surface area contributed by atoms with Crippen molar-refractivity contribution < 1.29 is 9.84 Å². The molecule has 0 aromatic heterocycles. The van der Waals surface area contributed by atoms with Crippen molar-refractivity contribution >= 4 is 0 Å². The Kier molecular flexibility index (Phi) is 3.29. The van der Waals surface area contributed by atoms with Crippen LogP contribution in [0.15, 0.2) is 12.1 Å². The summed E-state index contributed by atoms with van der Waals surface area (Å²) >= 11 is 0. The number of rotatable bonds is 2. The van der Waals surface area contributed by atoms with E-state index in [0.29, 0.717) is 5.75 Å². The van der Waals surface area contributed by atoms with Gasteiger partial charge in [-0.15, -0.1) is 0 Å². The maximum absolute atomic E-state index is 9.74. The summed E-state index contributed by atoms with van der Waals surface area (Å²) in [6.07, 6.45) is 2.04.